The Balaban J connectivity index is 1.87. The van der Waals surface area contributed by atoms with Gasteiger partial charge in [-0.15, -0.1) is 0 Å². The van der Waals surface area contributed by atoms with Crippen molar-refractivity contribution in [2.75, 3.05) is 13.1 Å². The van der Waals surface area contributed by atoms with E-state index in [0.29, 0.717) is 12.2 Å². The fraction of sp³-hybridized carbons (Fsp3) is 0.875. The lowest BCUT2D eigenvalue weighted by Crippen LogP contribution is -2.39. The standard InChI is InChI=1S/C8H14N2O/c11-8-3-5-9-10(6-4-8)7-1-2-7/h7,9H,1-6H2. The lowest BCUT2D eigenvalue weighted by molar-refractivity contribution is -0.118. The normalized spacial score (nSPS) is 28.5. The highest BCUT2D eigenvalue weighted by atomic mass is 16.1. The largest absolute Gasteiger partial charge is 0.300 e. The van der Waals surface area contributed by atoms with E-state index in [0.717, 1.165) is 25.6 Å². The molecule has 0 amide bonds. The summed E-state index contributed by atoms with van der Waals surface area (Å²) >= 11 is 0. The molecule has 1 aliphatic heterocycles. The van der Waals surface area contributed by atoms with Gasteiger partial charge < -0.3 is 0 Å². The molecule has 2 rings (SSSR count). The molecule has 0 atom stereocenters. The molecular formula is C8H14N2O. The van der Waals surface area contributed by atoms with Crippen LogP contribution in [0.5, 0.6) is 0 Å². The third-order valence-electron chi connectivity index (χ3n) is 2.34. The average Bonchev–Trinajstić information content (AvgIpc) is 2.73. The molecule has 1 N–H and O–H groups in total. The minimum Gasteiger partial charge on any atom is -0.300 e. The quantitative estimate of drug-likeness (QED) is 0.590. The molecule has 0 radical (unpaired) electrons. The lowest BCUT2D eigenvalue weighted by atomic mass is 10.2. The predicted octanol–water partition coefficient (Wildman–Crippen LogP) is 0.318. The molecule has 0 aromatic heterocycles. The Morgan fingerprint density at radius 2 is 2.18 bits per heavy atom. The van der Waals surface area contributed by atoms with Crippen LogP contribution in [-0.4, -0.2) is 29.9 Å². The van der Waals surface area contributed by atoms with E-state index in [1.54, 1.807) is 0 Å². The molecule has 1 saturated carbocycles. The van der Waals surface area contributed by atoms with Crippen molar-refractivity contribution >= 4 is 5.78 Å². The lowest BCUT2D eigenvalue weighted by Gasteiger charge is -2.19. The number of ketones is 1. The van der Waals surface area contributed by atoms with Gasteiger partial charge in [-0.05, 0) is 12.8 Å². The molecule has 1 aliphatic carbocycles. The second kappa shape index (κ2) is 2.91. The zero-order valence-corrected chi connectivity index (χ0v) is 6.68. The summed E-state index contributed by atoms with van der Waals surface area (Å²) in [6.07, 6.45) is 4.06. The highest BCUT2D eigenvalue weighted by molar-refractivity contribution is 5.78. The third kappa shape index (κ3) is 1.79. The molecule has 0 spiro atoms. The van der Waals surface area contributed by atoms with Crippen molar-refractivity contribution in [3.05, 3.63) is 0 Å². The molecule has 3 heteroatoms. The molecule has 0 unspecified atom stereocenters. The topological polar surface area (TPSA) is 32.3 Å². The average molecular weight is 154 g/mol. The van der Waals surface area contributed by atoms with Crippen molar-refractivity contribution in [3.63, 3.8) is 0 Å². The van der Waals surface area contributed by atoms with Gasteiger partial charge in [0.05, 0.1) is 0 Å². The zero-order valence-electron chi connectivity index (χ0n) is 6.68. The zero-order chi connectivity index (χ0) is 7.68. The molecule has 0 bridgehead atoms. The molecule has 3 nitrogen and oxygen atoms in total. The molecule has 0 aromatic carbocycles. The molecule has 1 heterocycles. The number of hydrazine groups is 1. The van der Waals surface area contributed by atoms with Crippen LogP contribution in [0.1, 0.15) is 25.7 Å². The maximum absolute atomic E-state index is 11.0. The van der Waals surface area contributed by atoms with E-state index in [1.165, 1.54) is 12.8 Å². The molecule has 62 valence electrons. The van der Waals surface area contributed by atoms with Gasteiger partial charge in [0.1, 0.15) is 5.78 Å². The summed E-state index contributed by atoms with van der Waals surface area (Å²) in [5.41, 5.74) is 3.29. The third-order valence-corrected chi connectivity index (χ3v) is 2.34. The first-order valence-corrected chi connectivity index (χ1v) is 4.38. The van der Waals surface area contributed by atoms with Crippen LogP contribution in [0.3, 0.4) is 0 Å². The number of carbonyl (C=O) groups excluding carboxylic acids is 1. The van der Waals surface area contributed by atoms with E-state index in [1.807, 2.05) is 0 Å². The summed E-state index contributed by atoms with van der Waals surface area (Å²) in [6, 6.07) is 0.737. The van der Waals surface area contributed by atoms with E-state index in [9.17, 15) is 4.79 Å². The van der Waals surface area contributed by atoms with Gasteiger partial charge >= 0.3 is 0 Å². The van der Waals surface area contributed by atoms with Crippen LogP contribution in [0, 0.1) is 0 Å². The second-order valence-electron chi connectivity index (χ2n) is 3.37. The predicted molar refractivity (Wildman–Crippen MR) is 42.0 cm³/mol. The Morgan fingerprint density at radius 1 is 1.36 bits per heavy atom. The van der Waals surface area contributed by atoms with E-state index >= 15 is 0 Å². The minimum atomic E-state index is 0.403. The van der Waals surface area contributed by atoms with Crippen LogP contribution in [0.2, 0.25) is 0 Å². The van der Waals surface area contributed by atoms with Crippen LogP contribution in [0.25, 0.3) is 0 Å². The number of nitrogens with one attached hydrogen (secondary N) is 1. The van der Waals surface area contributed by atoms with Gasteiger partial charge in [-0.25, -0.2) is 5.01 Å². The number of hydrogen-bond donors (Lipinski definition) is 1. The van der Waals surface area contributed by atoms with Gasteiger partial charge in [-0.3, -0.25) is 10.2 Å². The van der Waals surface area contributed by atoms with Gasteiger partial charge in [-0.1, -0.05) is 0 Å². The van der Waals surface area contributed by atoms with Crippen molar-refractivity contribution < 1.29 is 4.79 Å². The molecule has 11 heavy (non-hydrogen) atoms. The monoisotopic (exact) mass is 154 g/mol. The van der Waals surface area contributed by atoms with E-state index in [-0.39, 0.29) is 0 Å². The molecule has 2 aliphatic rings. The Hall–Kier alpha value is -0.410. The summed E-state index contributed by atoms with van der Waals surface area (Å²) in [5, 5.41) is 2.24. The van der Waals surface area contributed by atoms with E-state index in [4.69, 9.17) is 0 Å². The fourth-order valence-corrected chi connectivity index (χ4v) is 1.49. The summed E-state index contributed by atoms with van der Waals surface area (Å²) in [5.74, 6) is 0.403. The highest BCUT2D eigenvalue weighted by Crippen LogP contribution is 2.25. The van der Waals surface area contributed by atoms with Crippen molar-refractivity contribution in [3.8, 4) is 0 Å². The number of carbonyl (C=O) groups is 1. The van der Waals surface area contributed by atoms with Crippen molar-refractivity contribution in [1.82, 2.24) is 10.4 Å². The Morgan fingerprint density at radius 3 is 2.91 bits per heavy atom. The first-order valence-electron chi connectivity index (χ1n) is 4.38. The Labute approximate surface area is 66.7 Å². The Kier molecular flexibility index (Phi) is 1.92. The fourth-order valence-electron chi connectivity index (χ4n) is 1.49. The Bertz CT molecular complexity index is 165. The second-order valence-corrected chi connectivity index (χ2v) is 3.37. The number of nitrogens with zero attached hydrogens (tertiary/aromatic N) is 1. The van der Waals surface area contributed by atoms with Crippen LogP contribution in [0.15, 0.2) is 0 Å². The van der Waals surface area contributed by atoms with Gasteiger partial charge in [0.2, 0.25) is 0 Å². The molecular weight excluding hydrogens is 140 g/mol. The number of Topliss-reactive ketones (excluding diaryl/α,β-unsaturated/α-hetero) is 1. The van der Waals surface area contributed by atoms with Crippen molar-refractivity contribution in [2.24, 2.45) is 0 Å². The van der Waals surface area contributed by atoms with Gasteiger partial charge in [0.15, 0.2) is 0 Å². The van der Waals surface area contributed by atoms with Gasteiger partial charge in [0, 0.05) is 32.0 Å². The van der Waals surface area contributed by atoms with E-state index < -0.39 is 0 Å². The number of rotatable bonds is 1. The first kappa shape index (κ1) is 7.25. The van der Waals surface area contributed by atoms with Crippen LogP contribution in [0.4, 0.5) is 0 Å². The van der Waals surface area contributed by atoms with Crippen LogP contribution in [-0.2, 0) is 4.79 Å². The number of hydrogen-bond acceptors (Lipinski definition) is 3. The smallest absolute Gasteiger partial charge is 0.135 e. The maximum Gasteiger partial charge on any atom is 0.135 e. The first-order chi connectivity index (χ1) is 5.36. The SMILES string of the molecule is O=C1CCNN(C2CC2)CC1. The molecule has 2 fully saturated rings. The van der Waals surface area contributed by atoms with Gasteiger partial charge in [0.25, 0.3) is 0 Å². The van der Waals surface area contributed by atoms with Crippen molar-refractivity contribution in [1.29, 1.82) is 0 Å². The summed E-state index contributed by atoms with van der Waals surface area (Å²) in [7, 11) is 0. The summed E-state index contributed by atoms with van der Waals surface area (Å²) < 4.78 is 0. The summed E-state index contributed by atoms with van der Waals surface area (Å²) in [4.78, 5) is 11.0. The van der Waals surface area contributed by atoms with Crippen LogP contribution >= 0.6 is 0 Å². The summed E-state index contributed by atoms with van der Waals surface area (Å²) in [6.45, 7) is 1.76. The molecule has 1 saturated heterocycles. The maximum atomic E-state index is 11.0. The van der Waals surface area contributed by atoms with Gasteiger partial charge in [-0.2, -0.15) is 0 Å². The highest BCUT2D eigenvalue weighted by Gasteiger charge is 2.29. The van der Waals surface area contributed by atoms with E-state index in [2.05, 4.69) is 10.4 Å². The molecule has 0 aromatic rings. The van der Waals surface area contributed by atoms with Crippen LogP contribution < -0.4 is 5.43 Å². The van der Waals surface area contributed by atoms with Crippen molar-refractivity contribution in [2.45, 2.75) is 31.7 Å². The minimum absolute atomic E-state index is 0.403.